The molecule has 4 unspecified atom stereocenters. The minimum Gasteiger partial charge on any atom is -0.313 e. The Kier molecular flexibility index (Phi) is 4.95. The summed E-state index contributed by atoms with van der Waals surface area (Å²) in [5, 5.41) is 6.61. The molecule has 0 amide bonds. The van der Waals surface area contributed by atoms with Gasteiger partial charge in [-0.2, -0.15) is 0 Å². The van der Waals surface area contributed by atoms with Gasteiger partial charge in [0.25, 0.3) is 0 Å². The second-order valence-corrected chi connectivity index (χ2v) is 7.66. The predicted molar refractivity (Wildman–Crippen MR) is 79.0 cm³/mol. The van der Waals surface area contributed by atoms with E-state index in [-0.39, 0.29) is 0 Å². The van der Waals surface area contributed by atoms with Crippen molar-refractivity contribution in [3.63, 3.8) is 0 Å². The van der Waals surface area contributed by atoms with Crippen LogP contribution in [-0.4, -0.2) is 17.8 Å². The van der Waals surface area contributed by atoms with Gasteiger partial charge in [0.15, 0.2) is 0 Å². The molecule has 0 bridgehead atoms. The lowest BCUT2D eigenvalue weighted by atomic mass is 9.80. The van der Waals surface area contributed by atoms with Crippen molar-refractivity contribution in [3.8, 4) is 0 Å². The van der Waals surface area contributed by atoms with Crippen LogP contribution in [0.4, 0.5) is 0 Å². The smallest absolute Gasteiger partial charge is 0.0601 e. The van der Waals surface area contributed by atoms with Gasteiger partial charge in [0.05, 0.1) is 4.21 Å². The fraction of sp³-hybridized carbons (Fsp3) is 0.714. The highest BCUT2D eigenvalue weighted by atomic mass is 32.2. The highest BCUT2D eigenvalue weighted by molar-refractivity contribution is 8.01. The summed E-state index contributed by atoms with van der Waals surface area (Å²) in [7, 11) is 0. The summed E-state index contributed by atoms with van der Waals surface area (Å²) in [6.45, 7) is 8.13. The maximum Gasteiger partial charge on any atom is 0.0601 e. The predicted octanol–water partition coefficient (Wildman–Crippen LogP) is 4.25. The summed E-state index contributed by atoms with van der Waals surface area (Å²) >= 11 is 3.96. The molecular weight excluding hydrogens is 246 g/mol. The van der Waals surface area contributed by atoms with Gasteiger partial charge in [-0.05, 0) is 42.7 Å². The molecule has 1 nitrogen and oxygen atoms in total. The number of nitrogens with one attached hydrogen (secondary N) is 1. The molecule has 0 aromatic carbocycles. The van der Waals surface area contributed by atoms with Crippen LogP contribution in [0.15, 0.2) is 21.7 Å². The molecule has 1 aromatic rings. The summed E-state index contributed by atoms with van der Waals surface area (Å²) in [5.41, 5.74) is 0. The lowest BCUT2D eigenvalue weighted by Crippen LogP contribution is -2.46. The fourth-order valence-electron chi connectivity index (χ4n) is 2.95. The lowest BCUT2D eigenvalue weighted by molar-refractivity contribution is 0.251. The second-order valence-electron chi connectivity index (χ2n) is 5.23. The standard InChI is InChI=1S/C14H23NS2/c1-4-15-12-9-10(2)8-11(3)14(12)17-13-6-5-7-16-13/h5-7,10-12,14-15H,4,8-9H2,1-3H3. The molecule has 0 saturated heterocycles. The quantitative estimate of drug-likeness (QED) is 0.877. The zero-order valence-corrected chi connectivity index (χ0v) is 12.6. The van der Waals surface area contributed by atoms with Gasteiger partial charge < -0.3 is 5.32 Å². The van der Waals surface area contributed by atoms with Crippen LogP contribution in [0.1, 0.15) is 33.6 Å². The normalized spacial score (nSPS) is 33.8. The Labute approximate surface area is 113 Å². The molecule has 1 aliphatic rings. The highest BCUT2D eigenvalue weighted by Gasteiger charge is 2.34. The number of thiophene rings is 1. The van der Waals surface area contributed by atoms with E-state index >= 15 is 0 Å². The Bertz CT molecular complexity index is 323. The van der Waals surface area contributed by atoms with E-state index in [0.717, 1.165) is 23.6 Å². The van der Waals surface area contributed by atoms with Crippen molar-refractivity contribution in [2.45, 2.75) is 49.1 Å². The van der Waals surface area contributed by atoms with Crippen LogP contribution < -0.4 is 5.32 Å². The molecule has 96 valence electrons. The fourth-order valence-corrected chi connectivity index (χ4v) is 5.26. The molecule has 1 heterocycles. The Morgan fingerprint density at radius 3 is 2.88 bits per heavy atom. The zero-order valence-electron chi connectivity index (χ0n) is 11.0. The molecule has 1 N–H and O–H groups in total. The number of hydrogen-bond donors (Lipinski definition) is 1. The first-order valence-corrected chi connectivity index (χ1v) is 8.40. The first-order chi connectivity index (χ1) is 8.20. The van der Waals surface area contributed by atoms with E-state index in [1.54, 1.807) is 0 Å². The van der Waals surface area contributed by atoms with Crippen LogP contribution in [0.3, 0.4) is 0 Å². The number of rotatable bonds is 4. The van der Waals surface area contributed by atoms with Gasteiger partial charge in [0, 0.05) is 11.3 Å². The van der Waals surface area contributed by atoms with E-state index in [4.69, 9.17) is 0 Å². The first kappa shape index (κ1) is 13.4. The van der Waals surface area contributed by atoms with Gasteiger partial charge in [-0.25, -0.2) is 0 Å². The van der Waals surface area contributed by atoms with Crippen molar-refractivity contribution in [1.82, 2.24) is 5.32 Å². The molecule has 1 saturated carbocycles. The van der Waals surface area contributed by atoms with Crippen LogP contribution in [-0.2, 0) is 0 Å². The summed E-state index contributed by atoms with van der Waals surface area (Å²) in [6.07, 6.45) is 2.71. The molecule has 0 aliphatic heterocycles. The van der Waals surface area contributed by atoms with Crippen molar-refractivity contribution in [1.29, 1.82) is 0 Å². The summed E-state index contributed by atoms with van der Waals surface area (Å²) < 4.78 is 1.47. The summed E-state index contributed by atoms with van der Waals surface area (Å²) in [5.74, 6) is 1.68. The molecule has 17 heavy (non-hydrogen) atoms. The number of hydrogen-bond acceptors (Lipinski definition) is 3. The van der Waals surface area contributed by atoms with E-state index in [0.29, 0.717) is 6.04 Å². The van der Waals surface area contributed by atoms with Gasteiger partial charge in [0.2, 0.25) is 0 Å². The Balaban J connectivity index is 2.04. The molecule has 1 aromatic heterocycles. The molecule has 1 fully saturated rings. The minimum atomic E-state index is 0.686. The van der Waals surface area contributed by atoms with Crippen LogP contribution in [0, 0.1) is 11.8 Å². The zero-order chi connectivity index (χ0) is 12.3. The SMILES string of the molecule is CCNC1CC(C)CC(C)C1Sc1cccs1. The third-order valence-corrected chi connectivity index (χ3v) is 6.27. The van der Waals surface area contributed by atoms with Gasteiger partial charge >= 0.3 is 0 Å². The topological polar surface area (TPSA) is 12.0 Å². The Hall–Kier alpha value is 0.01000. The van der Waals surface area contributed by atoms with Gasteiger partial charge in [0.1, 0.15) is 0 Å². The monoisotopic (exact) mass is 269 g/mol. The first-order valence-electron chi connectivity index (χ1n) is 6.64. The highest BCUT2D eigenvalue weighted by Crippen LogP contribution is 2.40. The summed E-state index contributed by atoms with van der Waals surface area (Å²) in [6, 6.07) is 5.10. The minimum absolute atomic E-state index is 0.686. The third-order valence-electron chi connectivity index (χ3n) is 3.60. The van der Waals surface area contributed by atoms with E-state index in [1.807, 2.05) is 11.3 Å². The molecule has 1 aliphatic carbocycles. The molecular formula is C14H23NS2. The van der Waals surface area contributed by atoms with Crippen molar-refractivity contribution in [3.05, 3.63) is 17.5 Å². The molecule has 3 heteroatoms. The Morgan fingerprint density at radius 1 is 1.41 bits per heavy atom. The van der Waals surface area contributed by atoms with Crippen LogP contribution in [0.5, 0.6) is 0 Å². The van der Waals surface area contributed by atoms with Gasteiger partial charge in [-0.15, -0.1) is 23.1 Å². The van der Waals surface area contributed by atoms with Crippen LogP contribution >= 0.6 is 23.1 Å². The maximum atomic E-state index is 3.69. The van der Waals surface area contributed by atoms with Gasteiger partial charge in [-0.1, -0.05) is 26.8 Å². The van der Waals surface area contributed by atoms with Crippen LogP contribution in [0.25, 0.3) is 0 Å². The van der Waals surface area contributed by atoms with Crippen molar-refractivity contribution < 1.29 is 0 Å². The summed E-state index contributed by atoms with van der Waals surface area (Å²) in [4.78, 5) is 0. The molecule has 4 atom stereocenters. The molecule has 0 radical (unpaired) electrons. The molecule has 2 rings (SSSR count). The van der Waals surface area contributed by atoms with E-state index in [1.165, 1.54) is 17.1 Å². The maximum absolute atomic E-state index is 3.69. The second kappa shape index (κ2) is 6.26. The van der Waals surface area contributed by atoms with E-state index in [9.17, 15) is 0 Å². The Morgan fingerprint density at radius 2 is 2.24 bits per heavy atom. The van der Waals surface area contributed by atoms with E-state index < -0.39 is 0 Å². The van der Waals surface area contributed by atoms with Crippen molar-refractivity contribution >= 4 is 23.1 Å². The largest absolute Gasteiger partial charge is 0.313 e. The van der Waals surface area contributed by atoms with Crippen molar-refractivity contribution in [2.24, 2.45) is 11.8 Å². The van der Waals surface area contributed by atoms with Crippen LogP contribution in [0.2, 0.25) is 0 Å². The third kappa shape index (κ3) is 3.49. The average molecular weight is 269 g/mol. The average Bonchev–Trinajstić information content (AvgIpc) is 2.76. The lowest BCUT2D eigenvalue weighted by Gasteiger charge is -2.39. The van der Waals surface area contributed by atoms with E-state index in [2.05, 4.69) is 55.4 Å². The van der Waals surface area contributed by atoms with Gasteiger partial charge in [-0.3, -0.25) is 0 Å². The van der Waals surface area contributed by atoms with Crippen molar-refractivity contribution in [2.75, 3.05) is 6.54 Å². The number of thioether (sulfide) groups is 1. The molecule has 0 spiro atoms.